The fraction of sp³-hybridized carbons (Fsp3) is 0.136. The molecule has 0 saturated heterocycles. The Hall–Kier alpha value is -3.38. The molecular weight excluding hydrogens is 386 g/mol. The summed E-state index contributed by atoms with van der Waals surface area (Å²) < 4.78 is 1.78. The summed E-state index contributed by atoms with van der Waals surface area (Å²) in [5, 5.41) is 11.3. The Morgan fingerprint density at radius 1 is 1.07 bits per heavy atom. The maximum atomic E-state index is 12.0. The lowest BCUT2D eigenvalue weighted by atomic mass is 10.1. The molecule has 7 heteroatoms. The molecule has 2 heterocycles. The van der Waals surface area contributed by atoms with Crippen LogP contribution >= 0.6 is 11.6 Å². The summed E-state index contributed by atoms with van der Waals surface area (Å²) in [5.41, 5.74) is 4.00. The van der Waals surface area contributed by atoms with E-state index in [2.05, 4.69) is 20.7 Å². The smallest absolute Gasteiger partial charge is 0.251 e. The van der Waals surface area contributed by atoms with Crippen LogP contribution in [-0.2, 0) is 0 Å². The highest BCUT2D eigenvalue weighted by Gasteiger charge is 2.10. The minimum atomic E-state index is -0.0737. The highest BCUT2D eigenvalue weighted by Crippen LogP contribution is 2.24. The molecule has 29 heavy (non-hydrogen) atoms. The quantitative estimate of drug-likeness (QED) is 0.477. The van der Waals surface area contributed by atoms with Crippen molar-refractivity contribution in [2.75, 3.05) is 11.9 Å². The molecule has 0 bridgehead atoms. The zero-order chi connectivity index (χ0) is 20.2. The van der Waals surface area contributed by atoms with E-state index in [9.17, 15) is 4.79 Å². The molecule has 4 aromatic rings. The van der Waals surface area contributed by atoms with Gasteiger partial charge in [0.15, 0.2) is 5.65 Å². The number of fused-ring (bicyclic) bond motifs is 1. The van der Waals surface area contributed by atoms with E-state index in [4.69, 9.17) is 11.6 Å². The zero-order valence-corrected chi connectivity index (χ0v) is 16.6. The summed E-state index contributed by atoms with van der Waals surface area (Å²) in [7, 11) is 0. The summed E-state index contributed by atoms with van der Waals surface area (Å²) in [4.78, 5) is 16.6. The zero-order valence-electron chi connectivity index (χ0n) is 15.9. The highest BCUT2D eigenvalue weighted by molar-refractivity contribution is 6.30. The maximum absolute atomic E-state index is 12.0. The predicted molar refractivity (Wildman–Crippen MR) is 116 cm³/mol. The SMILES string of the molecule is CCCNC(=O)c1ccc(Nc2nc3cccc(-c4cccc(Cl)c4)n3n2)cc1. The first-order valence-corrected chi connectivity index (χ1v) is 9.79. The third-order valence-corrected chi connectivity index (χ3v) is 4.65. The van der Waals surface area contributed by atoms with E-state index in [0.717, 1.165) is 29.0 Å². The van der Waals surface area contributed by atoms with Gasteiger partial charge in [-0.25, -0.2) is 4.52 Å². The van der Waals surface area contributed by atoms with Gasteiger partial charge >= 0.3 is 0 Å². The molecule has 146 valence electrons. The molecule has 2 N–H and O–H groups in total. The number of aromatic nitrogens is 3. The van der Waals surface area contributed by atoms with Crippen molar-refractivity contribution in [2.45, 2.75) is 13.3 Å². The third kappa shape index (κ3) is 4.22. The van der Waals surface area contributed by atoms with E-state index >= 15 is 0 Å². The van der Waals surface area contributed by atoms with Crippen molar-refractivity contribution in [1.82, 2.24) is 19.9 Å². The van der Waals surface area contributed by atoms with Crippen LogP contribution in [-0.4, -0.2) is 27.0 Å². The summed E-state index contributed by atoms with van der Waals surface area (Å²) in [6.07, 6.45) is 0.905. The van der Waals surface area contributed by atoms with Crippen molar-refractivity contribution in [3.05, 3.63) is 77.3 Å². The Morgan fingerprint density at radius 2 is 1.86 bits per heavy atom. The summed E-state index contributed by atoms with van der Waals surface area (Å²) >= 11 is 6.14. The Balaban J connectivity index is 1.58. The fourth-order valence-electron chi connectivity index (χ4n) is 3.00. The van der Waals surface area contributed by atoms with Crippen LogP contribution in [0, 0.1) is 0 Å². The van der Waals surface area contributed by atoms with Gasteiger partial charge in [0, 0.05) is 28.4 Å². The molecule has 0 unspecified atom stereocenters. The van der Waals surface area contributed by atoms with Crippen LogP contribution in [0.25, 0.3) is 16.9 Å². The lowest BCUT2D eigenvalue weighted by molar-refractivity contribution is 0.0953. The number of nitrogens with zero attached hydrogens (tertiary/aromatic N) is 3. The first kappa shape index (κ1) is 19.0. The Labute approximate surface area is 173 Å². The molecule has 0 saturated carbocycles. The number of rotatable bonds is 6. The standard InChI is InChI=1S/C22H20ClN5O/c1-2-13-24-21(29)15-9-11-18(12-10-15)25-22-26-20-8-4-7-19(28(20)27-22)16-5-3-6-17(23)14-16/h3-12,14H,2,13H2,1H3,(H,24,29)(H,25,27). The van der Waals surface area contributed by atoms with E-state index in [1.807, 2.05) is 61.5 Å². The number of halogens is 1. The first-order chi connectivity index (χ1) is 14.1. The predicted octanol–water partition coefficient (Wildman–Crippen LogP) is 4.93. The van der Waals surface area contributed by atoms with Gasteiger partial charge in [0.2, 0.25) is 5.95 Å². The van der Waals surface area contributed by atoms with Gasteiger partial charge in [0.1, 0.15) is 0 Å². The molecular formula is C22H20ClN5O. The van der Waals surface area contributed by atoms with Gasteiger partial charge in [0.25, 0.3) is 5.91 Å². The van der Waals surface area contributed by atoms with Crippen molar-refractivity contribution < 1.29 is 4.79 Å². The topological polar surface area (TPSA) is 71.3 Å². The lowest BCUT2D eigenvalue weighted by Gasteiger charge is -2.05. The highest BCUT2D eigenvalue weighted by atomic mass is 35.5. The minimum absolute atomic E-state index is 0.0737. The van der Waals surface area contributed by atoms with Crippen molar-refractivity contribution >= 4 is 34.8 Å². The Bertz CT molecular complexity index is 1150. The van der Waals surface area contributed by atoms with Gasteiger partial charge < -0.3 is 10.6 Å². The van der Waals surface area contributed by atoms with E-state index in [1.54, 1.807) is 16.6 Å². The number of anilines is 2. The molecule has 0 radical (unpaired) electrons. The van der Waals surface area contributed by atoms with Crippen LogP contribution in [0.1, 0.15) is 23.7 Å². The summed E-state index contributed by atoms with van der Waals surface area (Å²) in [6.45, 7) is 2.69. The van der Waals surface area contributed by atoms with Crippen LogP contribution in [0.2, 0.25) is 5.02 Å². The molecule has 0 aliphatic heterocycles. The second-order valence-electron chi connectivity index (χ2n) is 6.59. The molecule has 0 aliphatic rings. The molecule has 0 aliphatic carbocycles. The first-order valence-electron chi connectivity index (χ1n) is 9.41. The molecule has 4 rings (SSSR count). The molecule has 1 amide bonds. The van der Waals surface area contributed by atoms with Gasteiger partial charge in [-0.15, -0.1) is 5.10 Å². The van der Waals surface area contributed by atoms with Gasteiger partial charge in [-0.3, -0.25) is 4.79 Å². The van der Waals surface area contributed by atoms with Gasteiger partial charge in [-0.2, -0.15) is 4.98 Å². The number of carbonyl (C=O) groups excluding carboxylic acids is 1. The van der Waals surface area contributed by atoms with Gasteiger partial charge in [-0.05, 0) is 55.0 Å². The maximum Gasteiger partial charge on any atom is 0.251 e. The van der Waals surface area contributed by atoms with E-state index in [0.29, 0.717) is 23.1 Å². The van der Waals surface area contributed by atoms with Crippen LogP contribution in [0.3, 0.4) is 0 Å². The van der Waals surface area contributed by atoms with Crippen LogP contribution in [0.15, 0.2) is 66.7 Å². The molecule has 2 aromatic carbocycles. The van der Waals surface area contributed by atoms with Crippen molar-refractivity contribution in [3.8, 4) is 11.3 Å². The Morgan fingerprint density at radius 3 is 2.62 bits per heavy atom. The average Bonchev–Trinajstić information content (AvgIpc) is 3.15. The van der Waals surface area contributed by atoms with Gasteiger partial charge in [-0.1, -0.05) is 36.7 Å². The number of hydrogen-bond donors (Lipinski definition) is 2. The number of nitrogens with one attached hydrogen (secondary N) is 2. The molecule has 2 aromatic heterocycles. The summed E-state index contributed by atoms with van der Waals surface area (Å²) in [6, 6.07) is 20.7. The molecule has 0 fully saturated rings. The fourth-order valence-corrected chi connectivity index (χ4v) is 3.19. The third-order valence-electron chi connectivity index (χ3n) is 4.42. The monoisotopic (exact) mass is 405 g/mol. The average molecular weight is 406 g/mol. The second kappa shape index (κ2) is 8.32. The number of amides is 1. The molecule has 6 nitrogen and oxygen atoms in total. The van der Waals surface area contributed by atoms with Crippen LogP contribution in [0.4, 0.5) is 11.6 Å². The van der Waals surface area contributed by atoms with E-state index in [1.165, 1.54) is 0 Å². The summed E-state index contributed by atoms with van der Waals surface area (Å²) in [5.74, 6) is 0.401. The number of carbonyl (C=O) groups is 1. The van der Waals surface area contributed by atoms with Gasteiger partial charge in [0.05, 0.1) is 5.69 Å². The number of hydrogen-bond acceptors (Lipinski definition) is 4. The normalized spacial score (nSPS) is 10.8. The Kier molecular flexibility index (Phi) is 5.44. The van der Waals surface area contributed by atoms with Crippen LogP contribution < -0.4 is 10.6 Å². The molecule has 0 atom stereocenters. The second-order valence-corrected chi connectivity index (χ2v) is 7.02. The minimum Gasteiger partial charge on any atom is -0.352 e. The van der Waals surface area contributed by atoms with Crippen molar-refractivity contribution in [2.24, 2.45) is 0 Å². The van der Waals surface area contributed by atoms with Crippen LogP contribution in [0.5, 0.6) is 0 Å². The van der Waals surface area contributed by atoms with Crippen molar-refractivity contribution in [3.63, 3.8) is 0 Å². The number of pyridine rings is 1. The van der Waals surface area contributed by atoms with Crippen molar-refractivity contribution in [1.29, 1.82) is 0 Å². The lowest BCUT2D eigenvalue weighted by Crippen LogP contribution is -2.23. The number of benzene rings is 2. The van der Waals surface area contributed by atoms with E-state index < -0.39 is 0 Å². The largest absolute Gasteiger partial charge is 0.352 e. The van der Waals surface area contributed by atoms with E-state index in [-0.39, 0.29) is 5.91 Å². The molecule has 0 spiro atoms.